The van der Waals surface area contributed by atoms with Crippen LogP contribution in [0, 0.1) is 0 Å². The van der Waals surface area contributed by atoms with E-state index < -0.39 is 0 Å². The molecule has 1 aromatic heterocycles. The van der Waals surface area contributed by atoms with Gasteiger partial charge in [-0.2, -0.15) is 0 Å². The summed E-state index contributed by atoms with van der Waals surface area (Å²) in [6.07, 6.45) is 1.12. The first-order chi connectivity index (χ1) is 5.65. The van der Waals surface area contributed by atoms with Crippen LogP contribution in [0.2, 0.25) is 15.3 Å². The van der Waals surface area contributed by atoms with E-state index >= 15 is 0 Å². The van der Waals surface area contributed by atoms with Crippen LogP contribution >= 0.6 is 34.8 Å². The second kappa shape index (κ2) is 3.94. The van der Waals surface area contributed by atoms with Gasteiger partial charge in [0.25, 0.3) is 0 Å². The fourth-order valence-corrected chi connectivity index (χ4v) is 1.14. The molecule has 0 spiro atoms. The standard InChI is InChI=1S/C6H3Cl3N2O/c7-4-1-3(2-10-12)5(8)11-6(4)9/h1-2,12H/b10-2+. The average Bonchev–Trinajstić information content (AvgIpc) is 2.01. The smallest absolute Gasteiger partial charge is 0.149 e. The fraction of sp³-hybridized carbons (Fsp3) is 0. The van der Waals surface area contributed by atoms with E-state index in [2.05, 4.69) is 10.1 Å². The van der Waals surface area contributed by atoms with E-state index in [0.717, 1.165) is 6.21 Å². The minimum atomic E-state index is 0.122. The van der Waals surface area contributed by atoms with Crippen LogP contribution in [0.5, 0.6) is 0 Å². The van der Waals surface area contributed by atoms with Gasteiger partial charge in [0.05, 0.1) is 11.2 Å². The van der Waals surface area contributed by atoms with Crippen molar-refractivity contribution in [3.05, 3.63) is 27.0 Å². The molecule has 12 heavy (non-hydrogen) atoms. The van der Waals surface area contributed by atoms with Crippen molar-refractivity contribution in [2.24, 2.45) is 5.16 Å². The summed E-state index contributed by atoms with van der Waals surface area (Å²) in [5, 5.41) is 11.5. The molecule has 6 heteroatoms. The molecule has 1 N–H and O–H groups in total. The van der Waals surface area contributed by atoms with E-state index in [0.29, 0.717) is 5.56 Å². The van der Waals surface area contributed by atoms with Crippen LogP contribution in [0.15, 0.2) is 11.2 Å². The number of hydrogen-bond acceptors (Lipinski definition) is 3. The van der Waals surface area contributed by atoms with Gasteiger partial charge in [-0.15, -0.1) is 0 Å². The number of hydrogen-bond donors (Lipinski definition) is 1. The predicted molar refractivity (Wildman–Crippen MR) is 48.6 cm³/mol. The maximum absolute atomic E-state index is 8.21. The van der Waals surface area contributed by atoms with Crippen LogP contribution in [-0.4, -0.2) is 16.4 Å². The minimum absolute atomic E-state index is 0.122. The molecule has 0 unspecified atom stereocenters. The molecule has 3 nitrogen and oxygen atoms in total. The molecule has 0 fully saturated rings. The van der Waals surface area contributed by atoms with Gasteiger partial charge >= 0.3 is 0 Å². The Morgan fingerprint density at radius 3 is 2.58 bits per heavy atom. The monoisotopic (exact) mass is 224 g/mol. The first-order valence-electron chi connectivity index (χ1n) is 2.84. The zero-order valence-corrected chi connectivity index (χ0v) is 7.90. The molecule has 0 amide bonds. The van der Waals surface area contributed by atoms with Gasteiger partial charge in [0.15, 0.2) is 0 Å². The topological polar surface area (TPSA) is 45.5 Å². The quantitative estimate of drug-likeness (QED) is 0.346. The Kier molecular flexibility index (Phi) is 3.14. The van der Waals surface area contributed by atoms with Crippen molar-refractivity contribution in [1.29, 1.82) is 0 Å². The summed E-state index contributed by atoms with van der Waals surface area (Å²) in [7, 11) is 0. The number of aromatic nitrogens is 1. The molecule has 1 aromatic rings. The van der Waals surface area contributed by atoms with E-state index in [1.165, 1.54) is 6.07 Å². The van der Waals surface area contributed by atoms with Crippen molar-refractivity contribution in [3.8, 4) is 0 Å². The highest BCUT2D eigenvalue weighted by Gasteiger charge is 2.05. The summed E-state index contributed by atoms with van der Waals surface area (Å²) in [5.41, 5.74) is 0.411. The van der Waals surface area contributed by atoms with Crippen LogP contribution in [0.1, 0.15) is 5.56 Å². The maximum Gasteiger partial charge on any atom is 0.149 e. The summed E-state index contributed by atoms with van der Waals surface area (Å²) in [4.78, 5) is 3.69. The Labute approximate surface area is 83.6 Å². The van der Waals surface area contributed by atoms with Gasteiger partial charge in [-0.25, -0.2) is 4.98 Å². The van der Waals surface area contributed by atoms with Crippen LogP contribution in [0.25, 0.3) is 0 Å². The first-order valence-corrected chi connectivity index (χ1v) is 3.97. The van der Waals surface area contributed by atoms with Gasteiger partial charge in [-0.05, 0) is 6.07 Å². The van der Waals surface area contributed by atoms with Crippen molar-refractivity contribution in [2.75, 3.05) is 0 Å². The van der Waals surface area contributed by atoms with Gasteiger partial charge < -0.3 is 5.21 Å². The van der Waals surface area contributed by atoms with Crippen molar-refractivity contribution in [1.82, 2.24) is 4.98 Å². The minimum Gasteiger partial charge on any atom is -0.411 e. The van der Waals surface area contributed by atoms with Crippen molar-refractivity contribution in [2.45, 2.75) is 0 Å². The Bertz CT molecular complexity index is 327. The summed E-state index contributed by atoms with van der Waals surface area (Å²) >= 11 is 16.8. The van der Waals surface area contributed by atoms with Crippen molar-refractivity contribution in [3.63, 3.8) is 0 Å². The van der Waals surface area contributed by atoms with E-state index in [-0.39, 0.29) is 15.3 Å². The lowest BCUT2D eigenvalue weighted by molar-refractivity contribution is 0.322. The number of oxime groups is 1. The normalized spacial score (nSPS) is 10.9. The zero-order valence-electron chi connectivity index (χ0n) is 5.63. The third kappa shape index (κ3) is 2.00. The Hall–Kier alpha value is -0.510. The predicted octanol–water partition coefficient (Wildman–Crippen LogP) is 2.85. The first kappa shape index (κ1) is 9.58. The number of rotatable bonds is 1. The molecule has 64 valence electrons. The van der Waals surface area contributed by atoms with Gasteiger partial charge in [0.2, 0.25) is 0 Å². The highest BCUT2D eigenvalue weighted by Crippen LogP contribution is 2.24. The Balaban J connectivity index is 3.23. The van der Waals surface area contributed by atoms with Gasteiger partial charge in [-0.1, -0.05) is 40.0 Å². The second-order valence-electron chi connectivity index (χ2n) is 1.89. The molecule has 1 heterocycles. The van der Waals surface area contributed by atoms with Crippen LogP contribution in [0.4, 0.5) is 0 Å². The molecule has 0 saturated carbocycles. The molecule has 0 aliphatic rings. The second-order valence-corrected chi connectivity index (χ2v) is 3.01. The summed E-state index contributed by atoms with van der Waals surface area (Å²) < 4.78 is 0. The van der Waals surface area contributed by atoms with Gasteiger partial charge in [0.1, 0.15) is 10.3 Å². The highest BCUT2D eigenvalue weighted by molar-refractivity contribution is 6.42. The SMILES string of the molecule is O/N=C/c1cc(Cl)c(Cl)nc1Cl. The third-order valence-electron chi connectivity index (χ3n) is 1.11. The lowest BCUT2D eigenvalue weighted by atomic mass is 10.3. The van der Waals surface area contributed by atoms with Crippen molar-refractivity contribution < 1.29 is 5.21 Å². The molecule has 1 rings (SSSR count). The molecular weight excluding hydrogens is 222 g/mol. The molecule has 0 aliphatic carbocycles. The van der Waals surface area contributed by atoms with Crippen molar-refractivity contribution >= 4 is 41.0 Å². The average molecular weight is 225 g/mol. The number of nitrogens with zero attached hydrogens (tertiary/aromatic N) is 2. The molecule has 0 radical (unpaired) electrons. The summed E-state index contributed by atoms with van der Waals surface area (Å²) in [6, 6.07) is 1.46. The van der Waals surface area contributed by atoms with E-state index in [1.807, 2.05) is 0 Å². The van der Waals surface area contributed by atoms with Crippen LogP contribution in [0.3, 0.4) is 0 Å². The molecule has 0 bridgehead atoms. The highest BCUT2D eigenvalue weighted by atomic mass is 35.5. The third-order valence-corrected chi connectivity index (χ3v) is 2.09. The van der Waals surface area contributed by atoms with Crippen LogP contribution in [-0.2, 0) is 0 Å². The maximum atomic E-state index is 8.21. The molecule has 0 aliphatic heterocycles. The zero-order chi connectivity index (χ0) is 9.14. The van der Waals surface area contributed by atoms with Crippen LogP contribution < -0.4 is 0 Å². The molecular formula is C6H3Cl3N2O. The van der Waals surface area contributed by atoms with E-state index in [9.17, 15) is 0 Å². The fourth-order valence-electron chi connectivity index (χ4n) is 0.612. The van der Waals surface area contributed by atoms with E-state index in [1.54, 1.807) is 0 Å². The summed E-state index contributed by atoms with van der Waals surface area (Å²) in [5.74, 6) is 0. The molecule has 0 aromatic carbocycles. The van der Waals surface area contributed by atoms with Gasteiger partial charge in [-0.3, -0.25) is 0 Å². The summed E-state index contributed by atoms with van der Waals surface area (Å²) in [6.45, 7) is 0. The van der Waals surface area contributed by atoms with Gasteiger partial charge in [0, 0.05) is 5.56 Å². The number of pyridine rings is 1. The lowest BCUT2D eigenvalue weighted by Gasteiger charge is -1.98. The molecule has 0 atom stereocenters. The van der Waals surface area contributed by atoms with E-state index in [4.69, 9.17) is 40.0 Å². The molecule has 0 saturated heterocycles. The lowest BCUT2D eigenvalue weighted by Crippen LogP contribution is -1.88. The number of halogens is 3. The Morgan fingerprint density at radius 1 is 1.33 bits per heavy atom. The largest absolute Gasteiger partial charge is 0.411 e. The Morgan fingerprint density at radius 2 is 2.00 bits per heavy atom.